The van der Waals surface area contributed by atoms with Crippen LogP contribution in [-0.4, -0.2) is 32.0 Å². The lowest BCUT2D eigenvalue weighted by Gasteiger charge is -2.17. The number of hydrogen-bond acceptors (Lipinski definition) is 2. The average molecular weight is 225 g/mol. The monoisotopic (exact) mass is 225 g/mol. The van der Waals surface area contributed by atoms with Gasteiger partial charge >= 0.3 is 6.18 Å². The smallest absolute Gasteiger partial charge is 0.379 e. The molecule has 0 aromatic heterocycles. The van der Waals surface area contributed by atoms with Gasteiger partial charge < -0.3 is 10.1 Å². The molecule has 0 spiro atoms. The highest BCUT2D eigenvalue weighted by atomic mass is 19.4. The van der Waals surface area contributed by atoms with Gasteiger partial charge in [-0.3, -0.25) is 0 Å². The van der Waals surface area contributed by atoms with Gasteiger partial charge in [0.25, 0.3) is 0 Å². The highest BCUT2D eigenvalue weighted by Gasteiger charge is 2.31. The van der Waals surface area contributed by atoms with E-state index in [4.69, 9.17) is 4.74 Å². The molecule has 0 aromatic carbocycles. The van der Waals surface area contributed by atoms with Crippen LogP contribution in [0.1, 0.15) is 26.2 Å². The van der Waals surface area contributed by atoms with Crippen molar-refractivity contribution in [2.45, 2.75) is 38.4 Å². The Balaban J connectivity index is 2.06. The maximum absolute atomic E-state index is 11.8. The van der Waals surface area contributed by atoms with Crippen molar-refractivity contribution in [1.29, 1.82) is 0 Å². The van der Waals surface area contributed by atoms with Crippen LogP contribution in [0, 0.1) is 5.92 Å². The second-order valence-corrected chi connectivity index (χ2v) is 3.94. The Bertz CT molecular complexity index is 180. The molecule has 0 bridgehead atoms. The maximum atomic E-state index is 11.8. The number of halogens is 3. The van der Waals surface area contributed by atoms with E-state index >= 15 is 0 Å². The predicted molar refractivity (Wildman–Crippen MR) is 51.7 cm³/mol. The second kappa shape index (κ2) is 5.70. The Kier molecular flexibility index (Phi) is 4.86. The number of hydrogen-bond donors (Lipinski definition) is 1. The molecule has 0 aliphatic heterocycles. The largest absolute Gasteiger partial charge is 0.391 e. The molecule has 0 heterocycles. The molecular weight excluding hydrogens is 207 g/mol. The fourth-order valence-electron chi connectivity index (χ4n) is 1.52. The Morgan fingerprint density at radius 3 is 2.53 bits per heavy atom. The van der Waals surface area contributed by atoms with Crippen LogP contribution in [0.15, 0.2) is 0 Å². The van der Waals surface area contributed by atoms with Crippen LogP contribution >= 0.6 is 0 Å². The van der Waals surface area contributed by atoms with Crippen LogP contribution < -0.4 is 5.32 Å². The fraction of sp³-hybridized carbons (Fsp3) is 1.00. The molecule has 90 valence electrons. The first kappa shape index (κ1) is 12.8. The normalized spacial score (nSPS) is 19.2. The summed E-state index contributed by atoms with van der Waals surface area (Å²) >= 11 is 0. The van der Waals surface area contributed by atoms with Crippen molar-refractivity contribution >= 4 is 0 Å². The van der Waals surface area contributed by atoms with Crippen molar-refractivity contribution in [3.05, 3.63) is 0 Å². The predicted octanol–water partition coefficient (Wildman–Crippen LogP) is 2.34. The number of rotatable bonds is 7. The van der Waals surface area contributed by atoms with Crippen LogP contribution in [0.2, 0.25) is 0 Å². The van der Waals surface area contributed by atoms with Crippen LogP contribution in [-0.2, 0) is 4.74 Å². The van der Waals surface area contributed by atoms with Crippen LogP contribution in [0.4, 0.5) is 13.2 Å². The lowest BCUT2D eigenvalue weighted by atomic mass is 10.2. The van der Waals surface area contributed by atoms with Crippen molar-refractivity contribution in [3.63, 3.8) is 0 Å². The van der Waals surface area contributed by atoms with Crippen molar-refractivity contribution in [1.82, 2.24) is 5.32 Å². The summed E-state index contributed by atoms with van der Waals surface area (Å²) in [6.45, 7) is 3.00. The van der Waals surface area contributed by atoms with Crippen molar-refractivity contribution < 1.29 is 17.9 Å². The average Bonchev–Trinajstić information content (AvgIpc) is 2.91. The Morgan fingerprint density at radius 2 is 2.07 bits per heavy atom. The van der Waals surface area contributed by atoms with E-state index in [-0.39, 0.29) is 12.6 Å². The summed E-state index contributed by atoms with van der Waals surface area (Å²) in [5.41, 5.74) is 0. The molecule has 15 heavy (non-hydrogen) atoms. The molecular formula is C10H18F3NO. The van der Waals surface area contributed by atoms with E-state index in [1.165, 1.54) is 12.8 Å². The minimum absolute atomic E-state index is 0.224. The first-order valence-electron chi connectivity index (χ1n) is 5.41. The van der Waals surface area contributed by atoms with Crippen molar-refractivity contribution in [2.24, 2.45) is 5.92 Å². The van der Waals surface area contributed by atoms with Crippen LogP contribution in [0.5, 0.6) is 0 Å². The topological polar surface area (TPSA) is 21.3 Å². The van der Waals surface area contributed by atoms with E-state index in [9.17, 15) is 13.2 Å². The van der Waals surface area contributed by atoms with Gasteiger partial charge in [-0.15, -0.1) is 0 Å². The van der Waals surface area contributed by atoms with Gasteiger partial charge in [0, 0.05) is 6.04 Å². The van der Waals surface area contributed by atoms with Gasteiger partial charge in [0.1, 0.15) is 0 Å². The zero-order chi connectivity index (χ0) is 11.3. The summed E-state index contributed by atoms with van der Waals surface area (Å²) in [6, 6.07) is 0.239. The molecule has 1 atom stereocenters. The zero-order valence-corrected chi connectivity index (χ0v) is 8.94. The SMILES string of the molecule is CCNC(COCCC(F)(F)F)C1CC1. The molecule has 1 N–H and O–H groups in total. The van der Waals surface area contributed by atoms with Gasteiger partial charge in [0.05, 0.1) is 19.6 Å². The zero-order valence-electron chi connectivity index (χ0n) is 8.94. The van der Waals surface area contributed by atoms with Crippen LogP contribution in [0.25, 0.3) is 0 Å². The van der Waals surface area contributed by atoms with E-state index in [0.717, 1.165) is 6.54 Å². The van der Waals surface area contributed by atoms with E-state index in [2.05, 4.69) is 5.32 Å². The van der Waals surface area contributed by atoms with Gasteiger partial charge in [-0.25, -0.2) is 0 Å². The third-order valence-corrected chi connectivity index (χ3v) is 2.48. The summed E-state index contributed by atoms with van der Waals surface area (Å²) in [5.74, 6) is 0.607. The number of alkyl halides is 3. The molecule has 1 aliphatic rings. The molecule has 0 radical (unpaired) electrons. The van der Waals surface area contributed by atoms with E-state index < -0.39 is 12.6 Å². The molecule has 0 aromatic rings. The summed E-state index contributed by atoms with van der Waals surface area (Å²) < 4.78 is 40.5. The quantitative estimate of drug-likeness (QED) is 0.671. The summed E-state index contributed by atoms with van der Waals surface area (Å²) in [6.07, 6.45) is -2.62. The minimum Gasteiger partial charge on any atom is -0.379 e. The molecule has 1 aliphatic carbocycles. The van der Waals surface area contributed by atoms with Crippen LogP contribution in [0.3, 0.4) is 0 Å². The highest BCUT2D eigenvalue weighted by molar-refractivity contribution is 4.85. The summed E-state index contributed by atoms with van der Waals surface area (Å²) in [4.78, 5) is 0. The Morgan fingerprint density at radius 1 is 1.40 bits per heavy atom. The number of ether oxygens (including phenoxy) is 1. The third kappa shape index (κ3) is 5.99. The molecule has 1 fully saturated rings. The molecule has 0 saturated heterocycles. The lowest BCUT2D eigenvalue weighted by Crippen LogP contribution is -2.35. The van der Waals surface area contributed by atoms with Gasteiger partial charge in [0.15, 0.2) is 0 Å². The van der Waals surface area contributed by atoms with Gasteiger partial charge in [-0.1, -0.05) is 6.92 Å². The molecule has 0 amide bonds. The number of likely N-dealkylation sites (N-methyl/N-ethyl adjacent to an activating group) is 1. The highest BCUT2D eigenvalue weighted by Crippen LogP contribution is 2.32. The molecule has 1 rings (SSSR count). The lowest BCUT2D eigenvalue weighted by molar-refractivity contribution is -0.145. The van der Waals surface area contributed by atoms with Crippen molar-refractivity contribution in [3.8, 4) is 0 Å². The summed E-state index contributed by atoms with van der Waals surface area (Å²) in [5, 5.41) is 3.24. The van der Waals surface area contributed by atoms with E-state index in [0.29, 0.717) is 12.5 Å². The molecule has 5 heteroatoms. The van der Waals surface area contributed by atoms with Gasteiger partial charge in [-0.05, 0) is 25.3 Å². The maximum Gasteiger partial charge on any atom is 0.391 e. The Hall–Kier alpha value is -0.290. The first-order chi connectivity index (χ1) is 7.03. The minimum atomic E-state index is -4.10. The van der Waals surface area contributed by atoms with Gasteiger partial charge in [0.2, 0.25) is 0 Å². The molecule has 1 unspecified atom stereocenters. The molecule has 1 saturated carbocycles. The van der Waals surface area contributed by atoms with E-state index in [1.807, 2.05) is 6.92 Å². The van der Waals surface area contributed by atoms with E-state index in [1.54, 1.807) is 0 Å². The van der Waals surface area contributed by atoms with Crippen molar-refractivity contribution in [2.75, 3.05) is 19.8 Å². The third-order valence-electron chi connectivity index (χ3n) is 2.48. The summed E-state index contributed by atoms with van der Waals surface area (Å²) in [7, 11) is 0. The standard InChI is InChI=1S/C10H18F3NO/c1-2-14-9(8-3-4-8)7-15-6-5-10(11,12)13/h8-9,14H,2-7H2,1H3. The Labute approximate surface area is 88.2 Å². The van der Waals surface area contributed by atoms with Gasteiger partial charge in [-0.2, -0.15) is 13.2 Å². The molecule has 2 nitrogen and oxygen atoms in total. The second-order valence-electron chi connectivity index (χ2n) is 3.94. The fourth-order valence-corrected chi connectivity index (χ4v) is 1.52. The number of nitrogens with one attached hydrogen (secondary N) is 1. The first-order valence-corrected chi connectivity index (χ1v) is 5.41.